The van der Waals surface area contributed by atoms with E-state index in [1.807, 2.05) is 0 Å². The first-order valence-electron chi connectivity index (χ1n) is 2.91. The van der Waals surface area contributed by atoms with Gasteiger partial charge in [0.2, 0.25) is 0 Å². The van der Waals surface area contributed by atoms with Crippen molar-refractivity contribution in [1.29, 1.82) is 0 Å². The van der Waals surface area contributed by atoms with Crippen LogP contribution in [0.3, 0.4) is 0 Å². The maximum Gasteiger partial charge on any atom is 0.338 e. The highest BCUT2D eigenvalue weighted by molar-refractivity contribution is 9.13. The number of benzene rings is 1. The standard InChI is InChI=1S/C7H3Br3O2/c8-3-1-2-4(9)6(10)5(3)7(11)12/h1-2H,(H,11,12). The summed E-state index contributed by atoms with van der Waals surface area (Å²) in [4.78, 5) is 10.7. The second-order valence-corrected chi connectivity index (χ2v) is 4.53. The lowest BCUT2D eigenvalue weighted by molar-refractivity contribution is 0.0695. The first-order valence-corrected chi connectivity index (χ1v) is 5.28. The average Bonchev–Trinajstić information content (AvgIpc) is 1.97. The molecule has 0 aliphatic heterocycles. The molecule has 1 rings (SSSR count). The van der Waals surface area contributed by atoms with Crippen LogP contribution in [0, 0.1) is 0 Å². The van der Waals surface area contributed by atoms with E-state index in [9.17, 15) is 4.79 Å². The molecule has 0 fully saturated rings. The molecule has 0 unspecified atom stereocenters. The van der Waals surface area contributed by atoms with Crippen LogP contribution in [0.4, 0.5) is 0 Å². The molecule has 0 spiro atoms. The summed E-state index contributed by atoms with van der Waals surface area (Å²) in [6.45, 7) is 0. The molecule has 1 aromatic carbocycles. The summed E-state index contributed by atoms with van der Waals surface area (Å²) in [5.41, 5.74) is 0.226. The van der Waals surface area contributed by atoms with E-state index in [0.29, 0.717) is 8.95 Å². The molecule has 0 amide bonds. The van der Waals surface area contributed by atoms with Crippen molar-refractivity contribution < 1.29 is 9.90 Å². The number of carboxylic acids is 1. The first-order chi connectivity index (χ1) is 5.54. The predicted octanol–water partition coefficient (Wildman–Crippen LogP) is 3.67. The summed E-state index contributed by atoms with van der Waals surface area (Å²) >= 11 is 9.54. The Hall–Kier alpha value is 0.130. The predicted molar refractivity (Wildman–Crippen MR) is 56.5 cm³/mol. The van der Waals surface area contributed by atoms with Gasteiger partial charge < -0.3 is 5.11 Å². The monoisotopic (exact) mass is 356 g/mol. The van der Waals surface area contributed by atoms with Crippen molar-refractivity contribution >= 4 is 53.8 Å². The zero-order valence-corrected chi connectivity index (χ0v) is 10.4. The van der Waals surface area contributed by atoms with Gasteiger partial charge in [-0.3, -0.25) is 0 Å². The maximum atomic E-state index is 10.7. The van der Waals surface area contributed by atoms with Crippen LogP contribution in [0.15, 0.2) is 25.6 Å². The Morgan fingerprint density at radius 3 is 2.08 bits per heavy atom. The molecular formula is C7H3Br3O2. The van der Waals surface area contributed by atoms with Crippen molar-refractivity contribution in [1.82, 2.24) is 0 Å². The second kappa shape index (κ2) is 3.89. The molecule has 1 N–H and O–H groups in total. The van der Waals surface area contributed by atoms with Crippen molar-refractivity contribution in [2.45, 2.75) is 0 Å². The second-order valence-electron chi connectivity index (χ2n) is 2.02. The number of halogens is 3. The highest BCUT2D eigenvalue weighted by atomic mass is 79.9. The molecule has 0 aromatic heterocycles. The van der Waals surface area contributed by atoms with E-state index in [-0.39, 0.29) is 5.56 Å². The lowest BCUT2D eigenvalue weighted by Crippen LogP contribution is -1.99. The SMILES string of the molecule is O=C(O)c1c(Br)ccc(Br)c1Br. The van der Waals surface area contributed by atoms with E-state index in [1.54, 1.807) is 12.1 Å². The van der Waals surface area contributed by atoms with Crippen LogP contribution in [0.5, 0.6) is 0 Å². The molecular weight excluding hydrogens is 356 g/mol. The van der Waals surface area contributed by atoms with E-state index in [1.165, 1.54) is 0 Å². The molecule has 0 radical (unpaired) electrons. The zero-order chi connectivity index (χ0) is 9.30. The van der Waals surface area contributed by atoms with E-state index < -0.39 is 5.97 Å². The van der Waals surface area contributed by atoms with Crippen LogP contribution < -0.4 is 0 Å². The summed E-state index contributed by atoms with van der Waals surface area (Å²) in [6, 6.07) is 3.44. The molecule has 5 heteroatoms. The van der Waals surface area contributed by atoms with Crippen molar-refractivity contribution in [3.05, 3.63) is 31.1 Å². The van der Waals surface area contributed by atoms with Crippen LogP contribution in [0.2, 0.25) is 0 Å². The molecule has 0 bridgehead atoms. The molecule has 1 aromatic rings. The van der Waals surface area contributed by atoms with Gasteiger partial charge in [0.1, 0.15) is 0 Å². The molecule has 2 nitrogen and oxygen atoms in total. The Morgan fingerprint density at radius 2 is 1.67 bits per heavy atom. The van der Waals surface area contributed by atoms with Gasteiger partial charge in [0.15, 0.2) is 0 Å². The Labute approximate surface area is 94.4 Å². The first kappa shape index (κ1) is 10.2. The Bertz CT molecular complexity index is 336. The van der Waals surface area contributed by atoms with Crippen molar-refractivity contribution in [3.8, 4) is 0 Å². The molecule has 0 heterocycles. The van der Waals surface area contributed by atoms with Crippen LogP contribution >= 0.6 is 47.8 Å². The summed E-state index contributed by atoms with van der Waals surface area (Å²) in [6.07, 6.45) is 0. The van der Waals surface area contributed by atoms with Gasteiger partial charge in [-0.25, -0.2) is 4.79 Å². The van der Waals surface area contributed by atoms with Gasteiger partial charge in [0.25, 0.3) is 0 Å². The fourth-order valence-electron chi connectivity index (χ4n) is 0.723. The largest absolute Gasteiger partial charge is 0.478 e. The molecule has 0 saturated heterocycles. The fraction of sp³-hybridized carbons (Fsp3) is 0. The van der Waals surface area contributed by atoms with E-state index >= 15 is 0 Å². The Morgan fingerprint density at radius 1 is 1.17 bits per heavy atom. The van der Waals surface area contributed by atoms with Gasteiger partial charge in [-0.15, -0.1) is 0 Å². The summed E-state index contributed by atoms with van der Waals surface area (Å²) in [7, 11) is 0. The van der Waals surface area contributed by atoms with Gasteiger partial charge >= 0.3 is 5.97 Å². The van der Waals surface area contributed by atoms with E-state index in [0.717, 1.165) is 4.47 Å². The highest BCUT2D eigenvalue weighted by Gasteiger charge is 2.14. The fourth-order valence-corrected chi connectivity index (χ4v) is 2.33. The van der Waals surface area contributed by atoms with Gasteiger partial charge in [0, 0.05) is 13.4 Å². The minimum atomic E-state index is -0.963. The third-order valence-corrected chi connectivity index (χ3v) is 3.94. The number of rotatable bonds is 1. The Kier molecular flexibility index (Phi) is 3.31. The number of hydrogen-bond acceptors (Lipinski definition) is 1. The molecule has 0 aliphatic rings. The van der Waals surface area contributed by atoms with Gasteiger partial charge in [0.05, 0.1) is 5.56 Å². The summed E-state index contributed by atoms with van der Waals surface area (Å²) < 4.78 is 1.83. The van der Waals surface area contributed by atoms with Crippen LogP contribution in [0.1, 0.15) is 10.4 Å². The quantitative estimate of drug-likeness (QED) is 0.778. The third-order valence-electron chi connectivity index (χ3n) is 1.26. The van der Waals surface area contributed by atoms with Crippen LogP contribution in [0.25, 0.3) is 0 Å². The topological polar surface area (TPSA) is 37.3 Å². The number of aromatic carboxylic acids is 1. The van der Waals surface area contributed by atoms with E-state index in [2.05, 4.69) is 47.8 Å². The van der Waals surface area contributed by atoms with Crippen LogP contribution in [-0.2, 0) is 0 Å². The maximum absolute atomic E-state index is 10.7. The van der Waals surface area contributed by atoms with Gasteiger partial charge in [-0.05, 0) is 59.9 Å². The van der Waals surface area contributed by atoms with Crippen LogP contribution in [-0.4, -0.2) is 11.1 Å². The number of carbonyl (C=O) groups is 1. The minimum absolute atomic E-state index is 0.226. The van der Waals surface area contributed by atoms with E-state index in [4.69, 9.17) is 5.11 Å². The summed E-state index contributed by atoms with van der Waals surface area (Å²) in [5, 5.41) is 8.79. The lowest BCUT2D eigenvalue weighted by Gasteiger charge is -2.03. The normalized spacial score (nSPS) is 9.92. The number of hydrogen-bond donors (Lipinski definition) is 1. The zero-order valence-electron chi connectivity index (χ0n) is 5.64. The van der Waals surface area contributed by atoms with Crippen molar-refractivity contribution in [2.24, 2.45) is 0 Å². The minimum Gasteiger partial charge on any atom is -0.478 e. The molecule has 0 atom stereocenters. The molecule has 64 valence electrons. The van der Waals surface area contributed by atoms with Crippen molar-refractivity contribution in [2.75, 3.05) is 0 Å². The smallest absolute Gasteiger partial charge is 0.338 e. The highest BCUT2D eigenvalue weighted by Crippen LogP contribution is 2.31. The molecule has 0 saturated carbocycles. The summed E-state index contributed by atoms with van der Waals surface area (Å²) in [5.74, 6) is -0.963. The third kappa shape index (κ3) is 1.89. The van der Waals surface area contributed by atoms with Gasteiger partial charge in [-0.1, -0.05) is 0 Å². The molecule has 12 heavy (non-hydrogen) atoms. The molecule has 0 aliphatic carbocycles. The number of carboxylic acid groups (broad SMARTS) is 1. The van der Waals surface area contributed by atoms with Crippen molar-refractivity contribution in [3.63, 3.8) is 0 Å². The lowest BCUT2D eigenvalue weighted by atomic mass is 10.2. The van der Waals surface area contributed by atoms with Gasteiger partial charge in [-0.2, -0.15) is 0 Å². The Balaban J connectivity index is 3.43. The average molecular weight is 359 g/mol.